The van der Waals surface area contributed by atoms with E-state index in [0.717, 1.165) is 73.7 Å². The number of nitrogens with zero attached hydrogens (tertiary/aromatic N) is 12. The molecule has 117 heavy (non-hydrogen) atoms. The third-order valence-electron chi connectivity index (χ3n) is 11.3. The Kier molecular flexibility index (Phi) is 76.3. The average Bonchev–Trinajstić information content (AvgIpc) is 0.808. The Morgan fingerprint density at radius 1 is 0.325 bits per heavy atom. The second kappa shape index (κ2) is 76.1. The van der Waals surface area contributed by atoms with Gasteiger partial charge in [0.1, 0.15) is 70.1 Å². The van der Waals surface area contributed by atoms with Gasteiger partial charge in [-0.25, -0.2) is 89.4 Å². The van der Waals surface area contributed by atoms with Gasteiger partial charge >= 0.3 is 23.9 Å². The predicted molar refractivity (Wildman–Crippen MR) is 419 cm³/mol. The first-order chi connectivity index (χ1) is 56.0. The summed E-state index contributed by atoms with van der Waals surface area (Å²) in [4.78, 5) is 53.6. The molecule has 0 unspecified atom stereocenters. The van der Waals surface area contributed by atoms with Gasteiger partial charge in [-0.1, -0.05) is 63.6 Å². The molecule has 0 saturated carbocycles. The Morgan fingerprint density at radius 3 is 0.786 bits per heavy atom. The third kappa shape index (κ3) is 48.2. The van der Waals surface area contributed by atoms with Crippen LogP contribution in [0.5, 0.6) is 0 Å². The Bertz CT molecular complexity index is 3660. The van der Waals surface area contributed by atoms with E-state index in [9.17, 15) is 89.4 Å². The molecule has 0 bridgehead atoms. The van der Waals surface area contributed by atoms with E-state index in [1.165, 1.54) is 27.8 Å². The van der Waals surface area contributed by atoms with E-state index in [2.05, 4.69) is 94.8 Å². The molecule has 0 aromatic heterocycles. The summed E-state index contributed by atoms with van der Waals surface area (Å²) in [7, 11) is 6.15. The van der Waals surface area contributed by atoms with Crippen LogP contribution in [0.3, 0.4) is 0 Å². The van der Waals surface area contributed by atoms with Crippen LogP contribution in [-0.4, -0.2) is 225 Å². The molecule has 57 heteroatoms. The van der Waals surface area contributed by atoms with E-state index in [1.54, 1.807) is 11.8 Å². The van der Waals surface area contributed by atoms with Crippen LogP contribution in [0.15, 0.2) is 20.5 Å². The molecule has 6 N–H and O–H groups in total. The van der Waals surface area contributed by atoms with Gasteiger partial charge in [0.25, 0.3) is 0 Å². The van der Waals surface area contributed by atoms with Gasteiger partial charge in [0.05, 0.1) is 70.7 Å². The first-order valence-corrected chi connectivity index (χ1v) is 42.0. The summed E-state index contributed by atoms with van der Waals surface area (Å²) in [5.74, 6) is -34.5. The molecule has 662 valence electrons. The van der Waals surface area contributed by atoms with E-state index in [1.807, 2.05) is 42.6 Å². The molecule has 0 heterocycles. The van der Waals surface area contributed by atoms with Gasteiger partial charge in [0.15, 0.2) is 93.1 Å². The number of hydrogen-bond acceptors (Lipinski definition) is 33. The summed E-state index contributed by atoms with van der Waals surface area (Å²) in [5, 5.41) is 58.6. The quantitative estimate of drug-likeness (QED) is 0.00168. The zero-order valence-electron chi connectivity index (χ0n) is 60.9. The van der Waals surface area contributed by atoms with Crippen molar-refractivity contribution in [1.82, 2.24) is 0 Å². The maximum atomic E-state index is 13.7. The van der Waals surface area contributed by atoms with Gasteiger partial charge in [-0.15, -0.1) is 24.4 Å². The third-order valence-corrected chi connectivity index (χ3v) is 17.2. The molecule has 0 fully saturated rings. The van der Waals surface area contributed by atoms with Crippen LogP contribution >= 0.6 is 117 Å². The second-order valence-corrected chi connectivity index (χ2v) is 27.4. The lowest BCUT2D eigenvalue weighted by Gasteiger charge is -2.10. The molecule has 0 radical (unpaired) electrons. The molecule has 31 nitrogen and oxygen atoms in total. The second-order valence-electron chi connectivity index (χ2n) is 19.1. The highest BCUT2D eigenvalue weighted by molar-refractivity contribution is 8.77. The van der Waals surface area contributed by atoms with E-state index >= 15 is 0 Å². The smallest absolute Gasteiger partial charge is 0.345 e. The molecule has 0 amide bonds. The van der Waals surface area contributed by atoms with Gasteiger partial charge in [0, 0.05) is 64.2 Å². The van der Waals surface area contributed by atoms with Crippen LogP contribution in [-0.2, 0) is 42.6 Å². The van der Waals surface area contributed by atoms with Crippen molar-refractivity contribution in [3.05, 3.63) is 157 Å². The molecule has 0 atom stereocenters. The summed E-state index contributed by atoms with van der Waals surface area (Å²) < 4.78 is 258. The largest absolute Gasteiger partial charge is 0.459 e. The summed E-state index contributed by atoms with van der Waals surface area (Å²) in [6, 6.07) is 0. The van der Waals surface area contributed by atoms with Crippen molar-refractivity contribution in [2.45, 2.75) is 32.1 Å². The fourth-order valence-electron chi connectivity index (χ4n) is 6.55. The number of hydrogen-bond donors (Lipinski definition) is 10. The van der Waals surface area contributed by atoms with Crippen LogP contribution in [0.1, 0.15) is 73.5 Å². The Labute approximate surface area is 702 Å². The van der Waals surface area contributed by atoms with Crippen molar-refractivity contribution < 1.29 is 163 Å². The molecule has 0 spiro atoms. The summed E-state index contributed by atoms with van der Waals surface area (Å²) in [5.41, 5.74) is 20.1. The number of carbonyl (C=O) groups excluding carboxylic acids is 4. The van der Waals surface area contributed by atoms with Gasteiger partial charge in [0.2, 0.25) is 0 Å². The SMILES string of the molecule is CSCCCOCCOC(=O)c1c(F)c(F)c(N=[N+]=[N-])c(F)c1F.CSCOC(=O)c1c(F)c(F)c(N=[N+]=[N-])c(F)c1F.OCCOCCCS.OCCOCCCSSCCCOCCO.OCS.OCSSCO.[N-]=[N+]=Nc1c(F)c(F)c(C(=O)OCCOCCCS)c(F)c1F.[N-]=[N+]=Nc1c(F)c(F)c(C(=O)OCS)c(F)c1F. The lowest BCUT2D eigenvalue weighted by molar-refractivity contribution is 0.0302. The molecular weight excluding hydrogens is 1820 g/mol. The lowest BCUT2D eigenvalue weighted by atomic mass is 10.1. The molecule has 0 aliphatic carbocycles. The van der Waals surface area contributed by atoms with E-state index in [-0.39, 0.29) is 70.0 Å². The Balaban J connectivity index is -0.000000652. The van der Waals surface area contributed by atoms with Gasteiger partial charge in [-0.2, -0.15) is 49.6 Å². The van der Waals surface area contributed by atoms with Crippen LogP contribution in [0.4, 0.5) is 93.0 Å². The highest BCUT2D eigenvalue weighted by Gasteiger charge is 2.34. The van der Waals surface area contributed by atoms with Crippen LogP contribution in [0.2, 0.25) is 0 Å². The number of esters is 4. The maximum absolute atomic E-state index is 13.7. The maximum Gasteiger partial charge on any atom is 0.345 e. The summed E-state index contributed by atoms with van der Waals surface area (Å²) >= 11 is 17.4. The highest BCUT2D eigenvalue weighted by atomic mass is 33.1. The molecule has 0 saturated heterocycles. The van der Waals surface area contributed by atoms with Crippen LogP contribution < -0.4 is 0 Å². The average molecular weight is 1890 g/mol. The molecule has 0 aliphatic rings. The van der Waals surface area contributed by atoms with E-state index in [0.29, 0.717) is 51.8 Å². The number of halogens is 16. The number of ether oxygens (including phenoxy) is 9. The Morgan fingerprint density at radius 2 is 0.564 bits per heavy atom. The highest BCUT2D eigenvalue weighted by Crippen LogP contribution is 2.35. The monoisotopic (exact) mass is 1890 g/mol. The first kappa shape index (κ1) is 117. The van der Waals surface area contributed by atoms with Crippen molar-refractivity contribution in [2.24, 2.45) is 20.5 Å². The zero-order valence-corrected chi connectivity index (χ0v) is 69.3. The van der Waals surface area contributed by atoms with Crippen molar-refractivity contribution in [3.8, 4) is 0 Å². The number of thiol groups is 4. The van der Waals surface area contributed by atoms with Gasteiger partial charge in [-0.3, -0.25) is 0 Å². The minimum Gasteiger partial charge on any atom is -0.459 e. The van der Waals surface area contributed by atoms with Gasteiger partial charge < -0.3 is 73.3 Å². The molecule has 0 aliphatic heterocycles. The minimum absolute atomic E-state index is 0.0366. The zero-order chi connectivity index (χ0) is 89.6. The standard InChI is InChI=1S/C13H13F4N3O3S.C12H11F4N3O3S.C10H22O4S2.C9H5F4N3O2S.C8H3F4N3O2S.C5H12O2S.C2H6O2S2.CH4OS/c1-24-6-2-3-22-4-5-23-13(21)7-8(14)10(16)12(19-20-18)11(17)9(7)15;13-7-6(12(20)22-4-3-21-2-1-5-23)8(14)10(16)11(9(7)15)18-19-17;11-3-7-13-5-1-9-15-16-10-2-6-14-8-4-12;1-19-2-18-9(17)3-4(10)6(12)8(15-16-14)7(13)5(3)11;9-3-2(8(16)17-1-18)4(10)6(12)7(5(3)11)14-15-13;6-2-4-7-3-1-5-8;3-1-5-6-2-4;2-1-3/h2-6H2,1H3;23H,1-5H2;11-12H,1-10H2;2H2,1H3;18H,1H2;6,8H,1-5H2;3-4H,1-2H2;2-3H,1H2. The van der Waals surface area contributed by atoms with Crippen molar-refractivity contribution in [2.75, 3.05) is 170 Å². The number of aliphatic hydroxyl groups excluding tert-OH is 6. The van der Waals surface area contributed by atoms with E-state index in [4.69, 9.17) is 76.4 Å². The van der Waals surface area contributed by atoms with Crippen molar-refractivity contribution >= 4 is 164 Å². The number of thioether (sulfide) groups is 2. The normalized spacial score (nSPS) is 10.1. The fraction of sp³-hybridized carbons (Fsp3) is 0.533. The molecule has 4 aromatic rings. The predicted octanol–water partition coefficient (Wildman–Crippen LogP) is 16.3. The summed E-state index contributed by atoms with van der Waals surface area (Å²) in [6.45, 7) is 3.77. The number of carbonyl (C=O) groups is 4. The minimum atomic E-state index is -2.01. The van der Waals surface area contributed by atoms with Gasteiger partial charge in [-0.05, 0) is 84.0 Å². The lowest BCUT2D eigenvalue weighted by Crippen LogP contribution is -2.16. The topological polar surface area (TPSA) is 468 Å². The number of benzene rings is 4. The molecule has 4 rings (SSSR count). The van der Waals surface area contributed by atoms with Crippen molar-refractivity contribution in [3.63, 3.8) is 0 Å². The summed E-state index contributed by atoms with van der Waals surface area (Å²) in [6.07, 6.45) is 7.90. The fourth-order valence-corrected chi connectivity index (χ4v) is 10.3. The number of aliphatic hydroxyl groups is 6. The van der Waals surface area contributed by atoms with Crippen molar-refractivity contribution in [1.29, 1.82) is 0 Å². The first-order valence-electron chi connectivity index (χ1n) is 31.7. The Hall–Kier alpha value is -6.06. The van der Waals surface area contributed by atoms with E-state index < -0.39 is 168 Å². The molecule has 4 aromatic carbocycles. The number of rotatable bonds is 45. The number of azide groups is 4. The van der Waals surface area contributed by atoms with Crippen LogP contribution in [0, 0.1) is 93.1 Å². The molecular formula is C60H76F16N12O19S10. The van der Waals surface area contributed by atoms with Crippen LogP contribution in [0.25, 0.3) is 41.8 Å².